The fraction of sp³-hybridized carbons (Fsp3) is 0.448. The van der Waals surface area contributed by atoms with E-state index in [1.807, 2.05) is 18.3 Å². The fourth-order valence-electron chi connectivity index (χ4n) is 6.27. The normalized spacial score (nSPS) is 24.2. The minimum atomic E-state index is 0.0547. The van der Waals surface area contributed by atoms with Gasteiger partial charge in [-0.25, -0.2) is 0 Å². The highest BCUT2D eigenvalue weighted by molar-refractivity contribution is 7.80. The van der Waals surface area contributed by atoms with E-state index >= 15 is 0 Å². The number of methoxy groups -OCH3 is 1. The average Bonchev–Trinajstić information content (AvgIpc) is 2.86. The van der Waals surface area contributed by atoms with Crippen LogP contribution in [0.15, 0.2) is 48.7 Å². The van der Waals surface area contributed by atoms with Crippen molar-refractivity contribution < 1.29 is 4.74 Å². The largest absolute Gasteiger partial charge is 0.497 e. The fourth-order valence-corrected chi connectivity index (χ4v) is 6.52. The number of nitrogens with one attached hydrogen (secondary N) is 2. The van der Waals surface area contributed by atoms with E-state index < -0.39 is 0 Å². The van der Waals surface area contributed by atoms with Gasteiger partial charge >= 0.3 is 0 Å². The summed E-state index contributed by atoms with van der Waals surface area (Å²) in [6, 6.07) is 15.2. The van der Waals surface area contributed by atoms with Gasteiger partial charge in [0.2, 0.25) is 0 Å². The number of ether oxygens (including phenoxy) is 1. The lowest BCUT2D eigenvalue weighted by Crippen LogP contribution is -2.58. The number of nitrogens with zero attached hydrogens (tertiary/aromatic N) is 2. The number of fused-ring (bicyclic) bond motifs is 4. The Bertz CT molecular complexity index is 1210. The third-order valence-corrected chi connectivity index (χ3v) is 8.15. The Labute approximate surface area is 214 Å². The summed E-state index contributed by atoms with van der Waals surface area (Å²) in [6.07, 6.45) is 5.67. The minimum absolute atomic E-state index is 0.0547. The van der Waals surface area contributed by atoms with Crippen LogP contribution in [0.25, 0.3) is 10.9 Å². The molecule has 2 N–H and O–H groups in total. The summed E-state index contributed by atoms with van der Waals surface area (Å²) in [7, 11) is 1.71. The summed E-state index contributed by atoms with van der Waals surface area (Å²) in [5, 5.41) is 8.98. The summed E-state index contributed by atoms with van der Waals surface area (Å²) in [4.78, 5) is 7.33. The molecule has 0 aliphatic carbocycles. The average molecular weight is 489 g/mol. The van der Waals surface area contributed by atoms with E-state index in [0.717, 1.165) is 40.7 Å². The molecule has 3 saturated heterocycles. The van der Waals surface area contributed by atoms with Gasteiger partial charge in [-0.15, -0.1) is 0 Å². The molecular weight excluding hydrogens is 452 g/mol. The first kappa shape index (κ1) is 24.0. The van der Waals surface area contributed by atoms with Crippen molar-refractivity contribution >= 4 is 33.9 Å². The molecule has 6 heteroatoms. The SMILES string of the molecule is CCC1CN2CCC1C[C@H]2[C@@H](NC(=S)Nc1cc(C)cc(C)c1)c1ccnc2ccc(OC)cc12. The lowest BCUT2D eigenvalue weighted by atomic mass is 9.72. The van der Waals surface area contributed by atoms with Crippen molar-refractivity contribution in [3.8, 4) is 5.75 Å². The van der Waals surface area contributed by atoms with Gasteiger partial charge in [0.05, 0.1) is 18.7 Å². The van der Waals surface area contributed by atoms with Crippen LogP contribution in [0.1, 0.15) is 48.9 Å². The second kappa shape index (κ2) is 10.1. The van der Waals surface area contributed by atoms with E-state index in [1.54, 1.807) is 7.11 Å². The molecule has 6 rings (SSSR count). The molecule has 5 atom stereocenters. The molecule has 0 spiro atoms. The summed E-state index contributed by atoms with van der Waals surface area (Å²) in [6.45, 7) is 8.90. The molecule has 3 aliphatic heterocycles. The molecule has 5 nitrogen and oxygen atoms in total. The number of aryl methyl sites for hydroxylation is 2. The topological polar surface area (TPSA) is 49.4 Å². The van der Waals surface area contributed by atoms with Gasteiger partial charge in [-0.1, -0.05) is 19.4 Å². The maximum atomic E-state index is 5.89. The van der Waals surface area contributed by atoms with E-state index in [9.17, 15) is 0 Å². The third-order valence-electron chi connectivity index (χ3n) is 7.93. The highest BCUT2D eigenvalue weighted by Crippen LogP contribution is 2.43. The Kier molecular flexibility index (Phi) is 6.94. The van der Waals surface area contributed by atoms with Gasteiger partial charge in [0, 0.05) is 29.9 Å². The van der Waals surface area contributed by atoms with Gasteiger partial charge in [-0.3, -0.25) is 9.88 Å². The standard InChI is InChI=1S/C29H36N4OS/c1-5-20-17-33-11-9-21(20)15-27(33)28(32-29(35)31-22-13-18(2)12-19(3)14-22)24-8-10-30-26-7-6-23(34-4)16-25(24)26/h6-8,10,12-14,16,20-21,27-28H,5,9,11,15,17H2,1-4H3,(H2,31,32,35)/t20?,21?,27-,28-/m0/s1. The molecule has 35 heavy (non-hydrogen) atoms. The molecule has 1 aromatic heterocycles. The molecule has 0 amide bonds. The van der Waals surface area contributed by atoms with Crippen LogP contribution in [0, 0.1) is 25.7 Å². The summed E-state index contributed by atoms with van der Waals surface area (Å²) < 4.78 is 5.57. The van der Waals surface area contributed by atoms with Crippen LogP contribution in [-0.4, -0.2) is 41.2 Å². The first-order valence-corrected chi connectivity index (χ1v) is 13.2. The van der Waals surface area contributed by atoms with Crippen LogP contribution in [0.2, 0.25) is 0 Å². The molecule has 0 saturated carbocycles. The number of hydrogen-bond donors (Lipinski definition) is 2. The maximum absolute atomic E-state index is 5.89. The van der Waals surface area contributed by atoms with E-state index in [4.69, 9.17) is 17.0 Å². The van der Waals surface area contributed by atoms with E-state index in [2.05, 4.69) is 71.6 Å². The van der Waals surface area contributed by atoms with Crippen molar-refractivity contribution in [1.82, 2.24) is 15.2 Å². The van der Waals surface area contributed by atoms with Crippen LogP contribution in [0.3, 0.4) is 0 Å². The Morgan fingerprint density at radius 1 is 1.17 bits per heavy atom. The van der Waals surface area contributed by atoms with Crippen LogP contribution < -0.4 is 15.4 Å². The van der Waals surface area contributed by atoms with Crippen molar-refractivity contribution in [2.45, 2.75) is 52.1 Å². The molecular formula is C29H36N4OS. The number of rotatable bonds is 6. The second-order valence-electron chi connectivity index (χ2n) is 10.3. The molecule has 3 aromatic rings. The molecule has 4 heterocycles. The highest BCUT2D eigenvalue weighted by Gasteiger charge is 2.43. The Morgan fingerprint density at radius 2 is 1.97 bits per heavy atom. The lowest BCUT2D eigenvalue weighted by Gasteiger charge is -2.52. The Morgan fingerprint density at radius 3 is 2.66 bits per heavy atom. The molecule has 3 aliphatic rings. The molecule has 184 valence electrons. The van der Waals surface area contributed by atoms with Crippen molar-refractivity contribution in [3.63, 3.8) is 0 Å². The number of hydrogen-bond acceptors (Lipinski definition) is 4. The number of aromatic nitrogens is 1. The lowest BCUT2D eigenvalue weighted by molar-refractivity contribution is -0.0132. The van der Waals surface area contributed by atoms with E-state index in [1.165, 1.54) is 42.5 Å². The molecule has 0 radical (unpaired) electrons. The van der Waals surface area contributed by atoms with E-state index in [0.29, 0.717) is 11.2 Å². The zero-order chi connectivity index (χ0) is 24.5. The quantitative estimate of drug-likeness (QED) is 0.415. The summed E-state index contributed by atoms with van der Waals surface area (Å²) >= 11 is 5.89. The summed E-state index contributed by atoms with van der Waals surface area (Å²) in [5.41, 5.74) is 5.67. The number of pyridine rings is 1. The van der Waals surface area contributed by atoms with Crippen molar-refractivity contribution in [2.75, 3.05) is 25.5 Å². The second-order valence-corrected chi connectivity index (χ2v) is 10.7. The highest BCUT2D eigenvalue weighted by atomic mass is 32.1. The predicted octanol–water partition coefficient (Wildman–Crippen LogP) is 6.01. The van der Waals surface area contributed by atoms with Gasteiger partial charge in [0.15, 0.2) is 5.11 Å². The monoisotopic (exact) mass is 488 g/mol. The zero-order valence-corrected chi connectivity index (χ0v) is 22.0. The minimum Gasteiger partial charge on any atom is -0.497 e. The van der Waals surface area contributed by atoms with Gasteiger partial charge in [-0.05, 0) is 110 Å². The maximum Gasteiger partial charge on any atom is 0.171 e. The van der Waals surface area contributed by atoms with Crippen molar-refractivity contribution in [3.05, 3.63) is 65.4 Å². The van der Waals surface area contributed by atoms with E-state index in [-0.39, 0.29) is 6.04 Å². The number of anilines is 1. The van der Waals surface area contributed by atoms with Gasteiger partial charge in [-0.2, -0.15) is 0 Å². The van der Waals surface area contributed by atoms with Gasteiger partial charge in [0.25, 0.3) is 0 Å². The van der Waals surface area contributed by atoms with Crippen LogP contribution in [0.4, 0.5) is 5.69 Å². The van der Waals surface area contributed by atoms with Crippen molar-refractivity contribution in [1.29, 1.82) is 0 Å². The summed E-state index contributed by atoms with van der Waals surface area (Å²) in [5.74, 6) is 2.43. The van der Waals surface area contributed by atoms with Gasteiger partial charge in [0.1, 0.15) is 5.75 Å². The Balaban J connectivity index is 1.50. The number of piperidine rings is 3. The molecule has 3 unspecified atom stereocenters. The third kappa shape index (κ3) is 5.00. The predicted molar refractivity (Wildman–Crippen MR) is 148 cm³/mol. The van der Waals surface area contributed by atoms with Crippen LogP contribution in [-0.2, 0) is 0 Å². The van der Waals surface area contributed by atoms with Crippen LogP contribution in [0.5, 0.6) is 5.75 Å². The Hall–Kier alpha value is -2.70. The van der Waals surface area contributed by atoms with Crippen LogP contribution >= 0.6 is 12.2 Å². The van der Waals surface area contributed by atoms with Gasteiger partial charge < -0.3 is 15.4 Å². The smallest absolute Gasteiger partial charge is 0.171 e. The number of thiocarbonyl (C=S) groups is 1. The molecule has 3 fully saturated rings. The number of benzene rings is 2. The first-order valence-electron chi connectivity index (χ1n) is 12.8. The molecule has 2 bridgehead atoms. The molecule has 2 aromatic carbocycles. The first-order chi connectivity index (χ1) is 16.9. The van der Waals surface area contributed by atoms with Crippen molar-refractivity contribution in [2.24, 2.45) is 11.8 Å². The zero-order valence-electron chi connectivity index (χ0n) is 21.2.